The number of hydrogen-bond donors (Lipinski definition) is 1. The minimum atomic E-state index is -2.78. The van der Waals surface area contributed by atoms with Gasteiger partial charge < -0.3 is 42.5 Å². The molecule has 1 fully saturated rings. The van der Waals surface area contributed by atoms with E-state index in [1.807, 2.05) is 78.9 Å². The predicted molar refractivity (Wildman–Crippen MR) is 263 cm³/mol. The summed E-state index contributed by atoms with van der Waals surface area (Å²) in [6.45, 7) is 21.0. The van der Waals surface area contributed by atoms with Crippen molar-refractivity contribution in [1.29, 1.82) is 5.26 Å². The van der Waals surface area contributed by atoms with Crippen molar-refractivity contribution < 1.29 is 46.7 Å². The van der Waals surface area contributed by atoms with Gasteiger partial charge in [-0.1, -0.05) is 75.4 Å². The third-order valence-electron chi connectivity index (χ3n) is 12.1. The first-order chi connectivity index (χ1) is 32.2. The number of esters is 1. The van der Waals surface area contributed by atoms with Gasteiger partial charge in [0.2, 0.25) is 5.91 Å². The molecule has 5 rings (SSSR count). The first-order valence-corrected chi connectivity index (χ1v) is 26.8. The van der Waals surface area contributed by atoms with Crippen molar-refractivity contribution in [3.05, 3.63) is 118 Å². The molecule has 0 bridgehead atoms. The molecule has 0 spiro atoms. The van der Waals surface area contributed by atoms with Crippen LogP contribution < -0.4 is 20.5 Å². The number of anilines is 1. The standard InChI is InChI=1S/C50H68N5O11PSi/c1-33(2)55(34(3)4)67(63-29-17-28-51)65-44-43(32-62-50(38-18-15-14-16-19-38,39-20-24-41(59-10)25-21-39)40-22-26-42(60-11)27-23-40)64-47(45(44)66-68(12,13)49(7,8)9)54-30-37(31-61-36(6)57)46(52-35(5)56)53-48(54)58/h14-16,18-27,30,33-34,43-45,47H,17,29,31-32H2,1-13H3,(H,52,53,56,58). The summed E-state index contributed by atoms with van der Waals surface area (Å²) < 4.78 is 55.8. The van der Waals surface area contributed by atoms with E-state index in [4.69, 9.17) is 37.2 Å². The van der Waals surface area contributed by atoms with Crippen molar-refractivity contribution in [2.24, 2.45) is 0 Å². The van der Waals surface area contributed by atoms with Gasteiger partial charge in [0.15, 0.2) is 14.5 Å². The van der Waals surface area contributed by atoms with Gasteiger partial charge in [-0.2, -0.15) is 10.2 Å². The normalized spacial score (nSPS) is 18.1. The summed E-state index contributed by atoms with van der Waals surface area (Å²) in [5, 5.41) is 11.9. The lowest BCUT2D eigenvalue weighted by atomic mass is 9.80. The van der Waals surface area contributed by atoms with Crippen LogP contribution in [0.15, 0.2) is 89.9 Å². The van der Waals surface area contributed by atoms with Gasteiger partial charge in [-0.3, -0.25) is 14.2 Å². The Morgan fingerprint density at radius 2 is 1.46 bits per heavy atom. The number of carbonyl (C=O) groups is 2. The van der Waals surface area contributed by atoms with Crippen molar-refractivity contribution in [2.75, 3.05) is 32.8 Å². The number of methoxy groups -OCH3 is 2. The van der Waals surface area contributed by atoms with Gasteiger partial charge >= 0.3 is 11.7 Å². The highest BCUT2D eigenvalue weighted by molar-refractivity contribution is 7.44. The number of benzene rings is 3. The molecule has 1 amide bonds. The molecule has 2 heterocycles. The lowest BCUT2D eigenvalue weighted by Crippen LogP contribution is -2.50. The molecule has 1 aliphatic rings. The zero-order valence-electron chi connectivity index (χ0n) is 41.6. The van der Waals surface area contributed by atoms with Gasteiger partial charge in [0, 0.05) is 37.7 Å². The number of carbonyl (C=O) groups excluding carboxylic acids is 2. The third kappa shape index (κ3) is 12.8. The molecule has 1 aromatic heterocycles. The molecule has 1 saturated heterocycles. The average molecular weight is 974 g/mol. The Bertz CT molecular complexity index is 2330. The van der Waals surface area contributed by atoms with Crippen LogP contribution in [0.5, 0.6) is 11.5 Å². The smallest absolute Gasteiger partial charge is 0.351 e. The second-order valence-electron chi connectivity index (χ2n) is 18.6. The van der Waals surface area contributed by atoms with Crippen molar-refractivity contribution in [3.8, 4) is 17.6 Å². The maximum Gasteiger partial charge on any atom is 0.351 e. The molecule has 16 nitrogen and oxygen atoms in total. The summed E-state index contributed by atoms with van der Waals surface area (Å²) in [5.74, 6) is 0.221. The highest BCUT2D eigenvalue weighted by Crippen LogP contribution is 2.52. The van der Waals surface area contributed by atoms with E-state index in [1.165, 1.54) is 24.6 Å². The molecule has 3 aromatic carbocycles. The molecule has 4 aromatic rings. The lowest BCUT2D eigenvalue weighted by molar-refractivity contribution is -0.142. The van der Waals surface area contributed by atoms with Gasteiger partial charge in [-0.25, -0.2) is 9.46 Å². The fourth-order valence-electron chi connectivity index (χ4n) is 7.77. The van der Waals surface area contributed by atoms with E-state index in [2.05, 4.69) is 82.6 Å². The predicted octanol–water partition coefficient (Wildman–Crippen LogP) is 9.24. The Labute approximate surface area is 403 Å². The van der Waals surface area contributed by atoms with Crippen LogP contribution in [0.4, 0.5) is 5.82 Å². The topological polar surface area (TPSA) is 182 Å². The molecule has 5 unspecified atom stereocenters. The minimum Gasteiger partial charge on any atom is -0.497 e. The van der Waals surface area contributed by atoms with Crippen molar-refractivity contribution in [2.45, 2.75) is 136 Å². The van der Waals surface area contributed by atoms with Crippen molar-refractivity contribution in [3.63, 3.8) is 0 Å². The number of nitrogens with one attached hydrogen (secondary N) is 1. The fraction of sp³-hybridized carbons (Fsp3) is 0.500. The monoisotopic (exact) mass is 973 g/mol. The largest absolute Gasteiger partial charge is 0.497 e. The molecule has 0 radical (unpaired) electrons. The number of aromatic nitrogens is 2. The summed E-state index contributed by atoms with van der Waals surface area (Å²) in [7, 11) is -1.46. The van der Waals surface area contributed by atoms with E-state index in [0.29, 0.717) is 11.5 Å². The summed E-state index contributed by atoms with van der Waals surface area (Å²) in [6, 6.07) is 27.3. The average Bonchev–Trinajstić information content (AvgIpc) is 3.60. The maximum atomic E-state index is 14.4. The summed E-state index contributed by atoms with van der Waals surface area (Å²) in [6.07, 6.45) is -2.51. The Morgan fingerprint density at radius 3 is 1.94 bits per heavy atom. The SMILES string of the molecule is COc1ccc(C(OCC2OC(n3cc(COC(C)=O)c(NC(C)=O)nc3=O)C(O[Si](C)(C)C(C)(C)C)C2OP(OCCC#N)N(C(C)C)C(C)C)(c2ccccc2)c2ccc(OC)cc2)cc1. The van der Waals surface area contributed by atoms with Crippen LogP contribution in [0.25, 0.3) is 0 Å². The Kier molecular flexibility index (Phi) is 18.7. The molecule has 0 aliphatic carbocycles. The van der Waals surface area contributed by atoms with Crippen LogP contribution in [-0.2, 0) is 49.5 Å². The number of ether oxygens (including phenoxy) is 5. The number of nitriles is 1. The second kappa shape index (κ2) is 23.5. The van der Waals surface area contributed by atoms with Crippen LogP contribution in [0.1, 0.15) is 97.2 Å². The molecule has 368 valence electrons. The number of amides is 1. The van der Waals surface area contributed by atoms with E-state index in [0.717, 1.165) is 16.7 Å². The van der Waals surface area contributed by atoms with E-state index in [-0.39, 0.29) is 54.7 Å². The summed E-state index contributed by atoms with van der Waals surface area (Å²) in [4.78, 5) is 43.1. The van der Waals surface area contributed by atoms with Gasteiger partial charge in [0.05, 0.1) is 39.9 Å². The summed E-state index contributed by atoms with van der Waals surface area (Å²) in [5.41, 5.74) is 0.599. The van der Waals surface area contributed by atoms with E-state index in [1.54, 1.807) is 14.2 Å². The second-order valence-corrected chi connectivity index (χ2v) is 24.8. The van der Waals surface area contributed by atoms with Crippen LogP contribution >= 0.6 is 8.53 Å². The van der Waals surface area contributed by atoms with Gasteiger partial charge in [0.25, 0.3) is 8.53 Å². The first-order valence-electron chi connectivity index (χ1n) is 22.8. The molecule has 0 saturated carbocycles. The van der Waals surface area contributed by atoms with Crippen LogP contribution in [-0.4, -0.2) is 92.2 Å². The Balaban J connectivity index is 1.79. The van der Waals surface area contributed by atoms with Crippen molar-refractivity contribution in [1.82, 2.24) is 14.2 Å². The molecule has 18 heteroatoms. The molecular weight excluding hydrogens is 906 g/mol. The third-order valence-corrected chi connectivity index (χ3v) is 18.7. The lowest BCUT2D eigenvalue weighted by Gasteiger charge is -2.42. The number of hydrogen-bond acceptors (Lipinski definition) is 14. The van der Waals surface area contributed by atoms with Crippen LogP contribution in [0, 0.1) is 11.3 Å². The number of nitrogens with zero attached hydrogens (tertiary/aromatic N) is 4. The molecule has 5 atom stereocenters. The van der Waals surface area contributed by atoms with Gasteiger partial charge in [0.1, 0.15) is 47.8 Å². The Hall–Kier alpha value is -5.02. The quantitative estimate of drug-likeness (QED) is 0.0259. The van der Waals surface area contributed by atoms with Crippen LogP contribution in [0.3, 0.4) is 0 Å². The van der Waals surface area contributed by atoms with E-state index >= 15 is 0 Å². The van der Waals surface area contributed by atoms with Crippen LogP contribution in [0.2, 0.25) is 18.1 Å². The van der Waals surface area contributed by atoms with Gasteiger partial charge in [-0.05, 0) is 86.8 Å². The Morgan fingerprint density at radius 1 is 0.897 bits per heavy atom. The molecule has 68 heavy (non-hydrogen) atoms. The van der Waals surface area contributed by atoms with Crippen molar-refractivity contribution >= 4 is 34.5 Å². The molecule has 1 aliphatic heterocycles. The zero-order chi connectivity index (χ0) is 50.0. The van der Waals surface area contributed by atoms with E-state index in [9.17, 15) is 19.6 Å². The number of rotatable bonds is 22. The zero-order valence-corrected chi connectivity index (χ0v) is 43.5. The molecular formula is C50H68N5O11PSi. The first kappa shape index (κ1) is 53.9. The minimum absolute atomic E-state index is 0.0522. The van der Waals surface area contributed by atoms with Gasteiger partial charge in [-0.15, -0.1) is 0 Å². The fourth-order valence-corrected chi connectivity index (χ4v) is 10.8. The maximum absolute atomic E-state index is 14.4. The molecule has 1 N–H and O–H groups in total. The summed E-state index contributed by atoms with van der Waals surface area (Å²) >= 11 is 0. The highest BCUT2D eigenvalue weighted by Gasteiger charge is 2.54. The highest BCUT2D eigenvalue weighted by atomic mass is 31.2. The van der Waals surface area contributed by atoms with E-state index < -0.39 is 64.6 Å².